The number of aryl methyl sites for hydroxylation is 1. The fraction of sp³-hybridized carbons (Fsp3) is 0.389. The van der Waals surface area contributed by atoms with Gasteiger partial charge in [-0.1, -0.05) is 6.42 Å². The Bertz CT molecular complexity index is 844. The summed E-state index contributed by atoms with van der Waals surface area (Å²) in [6.45, 7) is 2.43. The van der Waals surface area contributed by atoms with Gasteiger partial charge in [-0.2, -0.15) is 13.2 Å². The standard InChI is InChI=1S/C16H18N2O3.C2HF3O2/c1-10-5-12(16(19)20)7-13(6-10)17-8-14-15(21-9-18-14)11-3-2-4-11;3-2(4,5)1(6)7/h5-7,9,11,17H,2-4,8H2,1H3,(H,19,20);(H,6,7). The van der Waals surface area contributed by atoms with E-state index in [0.717, 1.165) is 35.5 Å². The van der Waals surface area contributed by atoms with Crippen LogP contribution in [0.4, 0.5) is 18.9 Å². The first-order chi connectivity index (χ1) is 13.1. The van der Waals surface area contributed by atoms with Gasteiger partial charge in [-0.25, -0.2) is 14.6 Å². The van der Waals surface area contributed by atoms with Crippen molar-refractivity contribution in [3.05, 3.63) is 47.2 Å². The van der Waals surface area contributed by atoms with Gasteiger partial charge in [-0.3, -0.25) is 0 Å². The van der Waals surface area contributed by atoms with Crippen molar-refractivity contribution in [2.24, 2.45) is 0 Å². The first-order valence-corrected chi connectivity index (χ1v) is 8.39. The Labute approximate surface area is 158 Å². The molecule has 3 rings (SSSR count). The number of anilines is 1. The minimum Gasteiger partial charge on any atom is -0.478 e. The molecular formula is C18H19F3N2O5. The lowest BCUT2D eigenvalue weighted by atomic mass is 9.83. The van der Waals surface area contributed by atoms with Crippen LogP contribution in [0.25, 0.3) is 0 Å². The van der Waals surface area contributed by atoms with Crippen molar-refractivity contribution in [1.29, 1.82) is 0 Å². The Morgan fingerprint density at radius 3 is 2.39 bits per heavy atom. The number of rotatable bonds is 5. The van der Waals surface area contributed by atoms with Crippen molar-refractivity contribution in [3.8, 4) is 0 Å². The molecule has 2 aromatic rings. The van der Waals surface area contributed by atoms with E-state index in [0.29, 0.717) is 12.5 Å². The molecule has 28 heavy (non-hydrogen) atoms. The molecule has 0 aliphatic heterocycles. The minimum atomic E-state index is -5.08. The molecule has 0 amide bonds. The van der Waals surface area contributed by atoms with E-state index >= 15 is 0 Å². The number of hydrogen-bond acceptors (Lipinski definition) is 5. The molecule has 1 saturated carbocycles. The van der Waals surface area contributed by atoms with Crippen molar-refractivity contribution in [2.45, 2.75) is 44.8 Å². The van der Waals surface area contributed by atoms with E-state index in [4.69, 9.17) is 19.4 Å². The van der Waals surface area contributed by atoms with Gasteiger partial charge in [0.1, 0.15) is 11.5 Å². The molecule has 3 N–H and O–H groups in total. The molecule has 7 nitrogen and oxygen atoms in total. The molecule has 10 heteroatoms. The van der Waals surface area contributed by atoms with Crippen LogP contribution in [-0.4, -0.2) is 33.3 Å². The number of oxazole rings is 1. The van der Waals surface area contributed by atoms with E-state index in [1.165, 1.54) is 12.8 Å². The summed E-state index contributed by atoms with van der Waals surface area (Å²) in [4.78, 5) is 24.2. The molecule has 0 bridgehead atoms. The molecule has 152 valence electrons. The topological polar surface area (TPSA) is 113 Å². The molecule has 0 unspecified atom stereocenters. The maximum Gasteiger partial charge on any atom is 0.490 e. The number of halogens is 3. The van der Waals surface area contributed by atoms with Crippen LogP contribution in [0.1, 0.15) is 52.6 Å². The van der Waals surface area contributed by atoms with Crippen LogP contribution in [0.15, 0.2) is 29.0 Å². The molecule has 0 atom stereocenters. The van der Waals surface area contributed by atoms with Crippen LogP contribution in [0.5, 0.6) is 0 Å². The molecule has 1 aromatic heterocycles. The van der Waals surface area contributed by atoms with Gasteiger partial charge in [0.05, 0.1) is 12.1 Å². The summed E-state index contributed by atoms with van der Waals surface area (Å²) in [5.74, 6) is -2.21. The maximum atomic E-state index is 11.1. The quantitative estimate of drug-likeness (QED) is 0.690. The van der Waals surface area contributed by atoms with Crippen LogP contribution >= 0.6 is 0 Å². The number of nitrogens with one attached hydrogen (secondary N) is 1. The third kappa shape index (κ3) is 5.73. The Balaban J connectivity index is 0.000000345. The SMILES string of the molecule is Cc1cc(NCc2ncoc2C2CCC2)cc(C(=O)O)c1.O=C(O)C(F)(F)F. The number of alkyl halides is 3. The Hall–Kier alpha value is -3.04. The second-order valence-corrected chi connectivity index (χ2v) is 6.34. The van der Waals surface area contributed by atoms with Crippen molar-refractivity contribution >= 4 is 17.6 Å². The zero-order valence-corrected chi connectivity index (χ0v) is 14.9. The monoisotopic (exact) mass is 400 g/mol. The molecule has 1 fully saturated rings. The van der Waals surface area contributed by atoms with Crippen LogP contribution in [-0.2, 0) is 11.3 Å². The van der Waals surface area contributed by atoms with Crippen LogP contribution in [0, 0.1) is 6.92 Å². The first-order valence-electron chi connectivity index (χ1n) is 8.39. The molecule has 1 aliphatic carbocycles. The lowest BCUT2D eigenvalue weighted by molar-refractivity contribution is -0.192. The van der Waals surface area contributed by atoms with E-state index in [-0.39, 0.29) is 5.56 Å². The highest BCUT2D eigenvalue weighted by molar-refractivity contribution is 5.89. The molecule has 1 aromatic carbocycles. The minimum absolute atomic E-state index is 0.289. The fourth-order valence-electron chi connectivity index (χ4n) is 2.61. The second kappa shape index (κ2) is 8.77. The first kappa shape index (κ1) is 21.3. The Kier molecular flexibility index (Phi) is 6.66. The lowest BCUT2D eigenvalue weighted by Crippen LogP contribution is -2.21. The number of carboxylic acids is 2. The predicted octanol–water partition coefficient (Wildman–Crippen LogP) is 4.19. The third-order valence-corrected chi connectivity index (χ3v) is 4.18. The molecule has 0 spiro atoms. The van der Waals surface area contributed by atoms with Crippen molar-refractivity contribution in [1.82, 2.24) is 4.98 Å². The van der Waals surface area contributed by atoms with E-state index < -0.39 is 18.1 Å². The third-order valence-electron chi connectivity index (χ3n) is 4.18. The summed E-state index contributed by atoms with van der Waals surface area (Å²) >= 11 is 0. The summed E-state index contributed by atoms with van der Waals surface area (Å²) in [6.07, 6.45) is -0.0206. The molecule has 0 saturated heterocycles. The highest BCUT2D eigenvalue weighted by Crippen LogP contribution is 2.37. The number of carboxylic acid groups (broad SMARTS) is 2. The van der Waals surface area contributed by atoms with Crippen LogP contribution in [0.2, 0.25) is 0 Å². The number of aromatic nitrogens is 1. The maximum absolute atomic E-state index is 11.1. The zero-order valence-electron chi connectivity index (χ0n) is 14.9. The smallest absolute Gasteiger partial charge is 0.478 e. The second-order valence-electron chi connectivity index (χ2n) is 6.34. The molecule has 1 aliphatic rings. The van der Waals surface area contributed by atoms with Gasteiger partial charge in [0.15, 0.2) is 6.39 Å². The summed E-state index contributed by atoms with van der Waals surface area (Å²) in [5, 5.41) is 19.5. The average molecular weight is 400 g/mol. The van der Waals surface area contributed by atoms with Crippen LogP contribution in [0.3, 0.4) is 0 Å². The number of nitrogens with zero attached hydrogens (tertiary/aromatic N) is 1. The van der Waals surface area contributed by atoms with Gasteiger partial charge >= 0.3 is 18.1 Å². The lowest BCUT2D eigenvalue weighted by Gasteiger charge is -2.23. The van der Waals surface area contributed by atoms with Crippen molar-refractivity contribution < 1.29 is 37.4 Å². The number of carbonyl (C=O) groups is 2. The van der Waals surface area contributed by atoms with Gasteiger partial charge in [0.2, 0.25) is 0 Å². The number of aliphatic carboxylic acids is 1. The Morgan fingerprint density at radius 2 is 1.89 bits per heavy atom. The molecule has 0 radical (unpaired) electrons. The van der Waals surface area contributed by atoms with Gasteiger partial charge in [-0.05, 0) is 43.5 Å². The van der Waals surface area contributed by atoms with E-state index in [9.17, 15) is 18.0 Å². The highest BCUT2D eigenvalue weighted by Gasteiger charge is 2.38. The summed E-state index contributed by atoms with van der Waals surface area (Å²) in [6, 6.07) is 5.22. The highest BCUT2D eigenvalue weighted by atomic mass is 19.4. The molecular weight excluding hydrogens is 381 g/mol. The number of hydrogen-bond donors (Lipinski definition) is 3. The van der Waals surface area contributed by atoms with Crippen molar-refractivity contribution in [3.63, 3.8) is 0 Å². The fourth-order valence-corrected chi connectivity index (χ4v) is 2.61. The predicted molar refractivity (Wildman–Crippen MR) is 92.3 cm³/mol. The summed E-state index contributed by atoms with van der Waals surface area (Å²) in [5.41, 5.74) is 2.90. The zero-order chi connectivity index (χ0) is 20.9. The molecule has 1 heterocycles. The Morgan fingerprint density at radius 1 is 1.25 bits per heavy atom. The number of aromatic carboxylic acids is 1. The van der Waals surface area contributed by atoms with Gasteiger partial charge < -0.3 is 19.9 Å². The number of benzene rings is 1. The van der Waals surface area contributed by atoms with Crippen molar-refractivity contribution in [2.75, 3.05) is 5.32 Å². The van der Waals surface area contributed by atoms with E-state index in [1.807, 2.05) is 13.0 Å². The van der Waals surface area contributed by atoms with Crippen LogP contribution < -0.4 is 5.32 Å². The average Bonchev–Trinajstić information content (AvgIpc) is 2.98. The summed E-state index contributed by atoms with van der Waals surface area (Å²) in [7, 11) is 0. The normalized spacial score (nSPS) is 13.9. The van der Waals surface area contributed by atoms with E-state index in [2.05, 4.69) is 10.3 Å². The van der Waals surface area contributed by atoms with Gasteiger partial charge in [0.25, 0.3) is 0 Å². The van der Waals surface area contributed by atoms with Gasteiger partial charge in [0, 0.05) is 11.6 Å². The van der Waals surface area contributed by atoms with Gasteiger partial charge in [-0.15, -0.1) is 0 Å². The summed E-state index contributed by atoms with van der Waals surface area (Å²) < 4.78 is 37.2. The largest absolute Gasteiger partial charge is 0.490 e. The van der Waals surface area contributed by atoms with E-state index in [1.54, 1.807) is 12.1 Å².